The summed E-state index contributed by atoms with van der Waals surface area (Å²) >= 11 is 0. The first kappa shape index (κ1) is 12.5. The lowest BCUT2D eigenvalue weighted by atomic mass is 9.90. The largest absolute Gasteiger partial charge is 0.352 e. The summed E-state index contributed by atoms with van der Waals surface area (Å²) in [7, 11) is 0. The van der Waals surface area contributed by atoms with Crippen molar-refractivity contribution in [2.45, 2.75) is 52.5 Å². The summed E-state index contributed by atoms with van der Waals surface area (Å²) in [4.78, 5) is 11.5. The number of hydrogen-bond acceptors (Lipinski definition) is 2. The molecule has 1 saturated heterocycles. The molecule has 0 aromatic heterocycles. The number of nitrogens with one attached hydrogen (secondary N) is 2. The molecule has 1 atom stereocenters. The number of hydrogen-bond donors (Lipinski definition) is 2. The van der Waals surface area contributed by atoms with Gasteiger partial charge in [-0.1, -0.05) is 20.8 Å². The highest BCUT2D eigenvalue weighted by Gasteiger charge is 2.17. The van der Waals surface area contributed by atoms with Gasteiger partial charge in [-0.3, -0.25) is 4.79 Å². The van der Waals surface area contributed by atoms with Crippen molar-refractivity contribution >= 4 is 5.91 Å². The lowest BCUT2D eigenvalue weighted by Crippen LogP contribution is -2.36. The average Bonchev–Trinajstić information content (AvgIpc) is 2.54. The Morgan fingerprint density at radius 3 is 2.73 bits per heavy atom. The molecule has 15 heavy (non-hydrogen) atoms. The fourth-order valence-corrected chi connectivity index (χ4v) is 1.86. The minimum absolute atomic E-state index is 0.216. The van der Waals surface area contributed by atoms with Gasteiger partial charge in [-0.05, 0) is 31.2 Å². The predicted octanol–water partition coefficient (Wildman–Crippen LogP) is 1.68. The standard InChI is InChI=1S/C12H24N2O/c1-12(2,3)7-4-5-11(15)14-10-6-8-13-9-10/h10,13H,4-9H2,1-3H3,(H,14,15). The quantitative estimate of drug-likeness (QED) is 0.744. The fraction of sp³-hybridized carbons (Fsp3) is 0.917. The smallest absolute Gasteiger partial charge is 0.220 e. The van der Waals surface area contributed by atoms with Crippen LogP contribution in [0, 0.1) is 5.41 Å². The Morgan fingerprint density at radius 2 is 2.20 bits per heavy atom. The molecule has 0 bridgehead atoms. The van der Waals surface area contributed by atoms with Gasteiger partial charge in [0.05, 0.1) is 0 Å². The first-order chi connectivity index (χ1) is 6.97. The van der Waals surface area contributed by atoms with Gasteiger partial charge in [0.15, 0.2) is 0 Å². The van der Waals surface area contributed by atoms with Crippen LogP contribution in [0.3, 0.4) is 0 Å². The van der Waals surface area contributed by atoms with Crippen molar-refractivity contribution in [1.82, 2.24) is 10.6 Å². The Hall–Kier alpha value is -0.570. The number of carbonyl (C=O) groups is 1. The van der Waals surface area contributed by atoms with Gasteiger partial charge in [0.2, 0.25) is 5.91 Å². The van der Waals surface area contributed by atoms with E-state index in [2.05, 4.69) is 31.4 Å². The maximum atomic E-state index is 11.5. The first-order valence-corrected chi connectivity index (χ1v) is 5.97. The normalized spacial score (nSPS) is 21.7. The highest BCUT2D eigenvalue weighted by Crippen LogP contribution is 2.21. The summed E-state index contributed by atoms with van der Waals surface area (Å²) in [5.74, 6) is 0.216. The Kier molecular flexibility index (Phi) is 4.58. The highest BCUT2D eigenvalue weighted by atomic mass is 16.1. The van der Waals surface area contributed by atoms with E-state index in [9.17, 15) is 4.79 Å². The topological polar surface area (TPSA) is 41.1 Å². The lowest BCUT2D eigenvalue weighted by Gasteiger charge is -2.18. The molecule has 3 heteroatoms. The molecule has 0 aliphatic carbocycles. The number of carbonyl (C=O) groups excluding carboxylic acids is 1. The van der Waals surface area contributed by atoms with Gasteiger partial charge >= 0.3 is 0 Å². The fourth-order valence-electron chi connectivity index (χ4n) is 1.86. The molecule has 1 heterocycles. The van der Waals surface area contributed by atoms with Crippen molar-refractivity contribution in [1.29, 1.82) is 0 Å². The Labute approximate surface area is 93.0 Å². The van der Waals surface area contributed by atoms with E-state index in [0.717, 1.165) is 32.4 Å². The molecule has 1 aliphatic heterocycles. The third-order valence-electron chi connectivity index (χ3n) is 2.76. The summed E-state index contributed by atoms with van der Waals surface area (Å²) in [5, 5.41) is 6.31. The van der Waals surface area contributed by atoms with E-state index in [-0.39, 0.29) is 5.91 Å². The van der Waals surface area contributed by atoms with E-state index in [1.54, 1.807) is 0 Å². The zero-order valence-corrected chi connectivity index (χ0v) is 10.2. The molecular weight excluding hydrogens is 188 g/mol. The zero-order chi connectivity index (χ0) is 11.3. The second-order valence-electron chi connectivity index (χ2n) is 5.67. The summed E-state index contributed by atoms with van der Waals surface area (Å²) < 4.78 is 0. The second kappa shape index (κ2) is 5.50. The van der Waals surface area contributed by atoms with Gasteiger partial charge in [0.25, 0.3) is 0 Å². The van der Waals surface area contributed by atoms with Crippen LogP contribution < -0.4 is 10.6 Å². The second-order valence-corrected chi connectivity index (χ2v) is 5.67. The summed E-state index contributed by atoms with van der Waals surface area (Å²) in [5.41, 5.74) is 0.342. The molecular formula is C12H24N2O. The molecule has 0 radical (unpaired) electrons. The summed E-state index contributed by atoms with van der Waals surface area (Å²) in [6.07, 6.45) is 3.86. The molecule has 1 amide bonds. The number of rotatable bonds is 4. The van der Waals surface area contributed by atoms with E-state index in [1.165, 1.54) is 0 Å². The maximum Gasteiger partial charge on any atom is 0.220 e. The van der Waals surface area contributed by atoms with Crippen LogP contribution in [0.1, 0.15) is 46.5 Å². The molecule has 0 spiro atoms. The Morgan fingerprint density at radius 1 is 1.47 bits per heavy atom. The zero-order valence-electron chi connectivity index (χ0n) is 10.2. The van der Waals surface area contributed by atoms with Crippen molar-refractivity contribution < 1.29 is 4.79 Å². The maximum absolute atomic E-state index is 11.5. The van der Waals surface area contributed by atoms with Crippen LogP contribution in [0.2, 0.25) is 0 Å². The van der Waals surface area contributed by atoms with E-state index < -0.39 is 0 Å². The SMILES string of the molecule is CC(C)(C)CCCC(=O)NC1CCNC1. The molecule has 1 rings (SSSR count). The molecule has 3 nitrogen and oxygen atoms in total. The van der Waals surface area contributed by atoms with Crippen LogP contribution in [-0.2, 0) is 4.79 Å². The minimum Gasteiger partial charge on any atom is -0.352 e. The van der Waals surface area contributed by atoms with E-state index >= 15 is 0 Å². The monoisotopic (exact) mass is 212 g/mol. The molecule has 1 fully saturated rings. The van der Waals surface area contributed by atoms with Crippen LogP contribution in [0.4, 0.5) is 0 Å². The Balaban J connectivity index is 2.08. The molecule has 0 saturated carbocycles. The lowest BCUT2D eigenvalue weighted by molar-refractivity contribution is -0.121. The van der Waals surface area contributed by atoms with Gasteiger partial charge in [0, 0.05) is 19.0 Å². The molecule has 1 unspecified atom stereocenters. The molecule has 1 aliphatic rings. The molecule has 0 aromatic carbocycles. The first-order valence-electron chi connectivity index (χ1n) is 5.97. The average molecular weight is 212 g/mol. The predicted molar refractivity (Wildman–Crippen MR) is 62.7 cm³/mol. The van der Waals surface area contributed by atoms with Crippen LogP contribution in [0.15, 0.2) is 0 Å². The van der Waals surface area contributed by atoms with E-state index in [1.807, 2.05) is 0 Å². The summed E-state index contributed by atoms with van der Waals surface area (Å²) in [6.45, 7) is 8.61. The van der Waals surface area contributed by atoms with Crippen molar-refractivity contribution in [3.05, 3.63) is 0 Å². The van der Waals surface area contributed by atoms with Crippen LogP contribution in [0.5, 0.6) is 0 Å². The van der Waals surface area contributed by atoms with Crippen LogP contribution in [0.25, 0.3) is 0 Å². The van der Waals surface area contributed by atoms with Crippen molar-refractivity contribution in [3.8, 4) is 0 Å². The van der Waals surface area contributed by atoms with E-state index in [4.69, 9.17) is 0 Å². The molecule has 2 N–H and O–H groups in total. The number of amides is 1. The van der Waals surface area contributed by atoms with Gasteiger partial charge in [-0.2, -0.15) is 0 Å². The van der Waals surface area contributed by atoms with Crippen LogP contribution in [-0.4, -0.2) is 25.0 Å². The highest BCUT2D eigenvalue weighted by molar-refractivity contribution is 5.76. The van der Waals surface area contributed by atoms with Crippen molar-refractivity contribution in [3.63, 3.8) is 0 Å². The van der Waals surface area contributed by atoms with Crippen LogP contribution >= 0.6 is 0 Å². The summed E-state index contributed by atoms with van der Waals surface area (Å²) in [6, 6.07) is 0.368. The molecule has 0 aromatic rings. The Bertz CT molecular complexity index is 202. The van der Waals surface area contributed by atoms with Gasteiger partial charge < -0.3 is 10.6 Å². The molecule has 88 valence electrons. The van der Waals surface area contributed by atoms with Gasteiger partial charge in [0.1, 0.15) is 0 Å². The third kappa shape index (κ3) is 5.78. The van der Waals surface area contributed by atoms with E-state index in [0.29, 0.717) is 17.9 Å². The van der Waals surface area contributed by atoms with Gasteiger partial charge in [-0.25, -0.2) is 0 Å². The van der Waals surface area contributed by atoms with Crippen molar-refractivity contribution in [2.24, 2.45) is 5.41 Å². The minimum atomic E-state index is 0.216. The van der Waals surface area contributed by atoms with Crippen molar-refractivity contribution in [2.75, 3.05) is 13.1 Å². The van der Waals surface area contributed by atoms with Gasteiger partial charge in [-0.15, -0.1) is 0 Å². The third-order valence-corrected chi connectivity index (χ3v) is 2.76.